The molecular weight excluding hydrogens is 314 g/mol. The third-order valence-corrected chi connectivity index (χ3v) is 4.70. The van der Waals surface area contributed by atoms with Crippen LogP contribution in [0.5, 0.6) is 5.75 Å². The second-order valence-corrected chi connectivity index (χ2v) is 7.02. The van der Waals surface area contributed by atoms with E-state index in [4.69, 9.17) is 4.74 Å². The third kappa shape index (κ3) is 4.21. The number of rotatable bonds is 7. The second-order valence-electron chi connectivity index (χ2n) is 7.02. The number of carbonyl (C=O) groups excluding carboxylic acids is 1. The molecule has 5 heteroatoms. The van der Waals surface area contributed by atoms with E-state index >= 15 is 0 Å². The van der Waals surface area contributed by atoms with E-state index < -0.39 is 5.41 Å². The SMILES string of the molecule is CCn1nc(C)c(CNC(=O)C(C)(C)Cc2ccccc2OC)c1C. The predicted octanol–water partition coefficient (Wildman–Crippen LogP) is 3.41. The molecule has 1 heterocycles. The van der Waals surface area contributed by atoms with Crippen molar-refractivity contribution in [3.8, 4) is 5.75 Å². The Labute approximate surface area is 150 Å². The van der Waals surface area contributed by atoms with Crippen molar-refractivity contribution in [3.63, 3.8) is 0 Å². The summed E-state index contributed by atoms with van der Waals surface area (Å²) in [5.74, 6) is 0.848. The molecule has 1 amide bonds. The molecule has 0 aliphatic rings. The molecule has 0 bridgehead atoms. The first kappa shape index (κ1) is 19.0. The topological polar surface area (TPSA) is 56.2 Å². The van der Waals surface area contributed by atoms with Gasteiger partial charge in [-0.3, -0.25) is 9.48 Å². The van der Waals surface area contributed by atoms with Crippen molar-refractivity contribution in [1.82, 2.24) is 15.1 Å². The Morgan fingerprint density at radius 1 is 1.28 bits per heavy atom. The van der Waals surface area contributed by atoms with Crippen LogP contribution in [0.25, 0.3) is 0 Å². The molecule has 0 unspecified atom stereocenters. The lowest BCUT2D eigenvalue weighted by Gasteiger charge is -2.24. The van der Waals surface area contributed by atoms with Crippen molar-refractivity contribution < 1.29 is 9.53 Å². The third-order valence-electron chi connectivity index (χ3n) is 4.70. The molecule has 2 rings (SSSR count). The van der Waals surface area contributed by atoms with E-state index in [1.165, 1.54) is 0 Å². The minimum absolute atomic E-state index is 0.0291. The van der Waals surface area contributed by atoms with Gasteiger partial charge in [0.2, 0.25) is 5.91 Å². The van der Waals surface area contributed by atoms with E-state index in [0.717, 1.165) is 34.8 Å². The summed E-state index contributed by atoms with van der Waals surface area (Å²) in [5.41, 5.74) is 3.70. The molecule has 1 N–H and O–H groups in total. The zero-order chi connectivity index (χ0) is 18.6. The molecule has 1 aromatic heterocycles. The smallest absolute Gasteiger partial charge is 0.226 e. The number of nitrogens with zero attached hydrogens (tertiary/aromatic N) is 2. The van der Waals surface area contributed by atoms with Gasteiger partial charge < -0.3 is 10.1 Å². The lowest BCUT2D eigenvalue weighted by Crippen LogP contribution is -2.38. The molecular formula is C20H29N3O2. The Morgan fingerprint density at radius 2 is 1.96 bits per heavy atom. The Bertz CT molecular complexity index is 747. The number of aryl methyl sites for hydroxylation is 2. The average molecular weight is 343 g/mol. The molecule has 5 nitrogen and oxygen atoms in total. The van der Waals surface area contributed by atoms with Crippen LogP contribution in [0, 0.1) is 19.3 Å². The normalized spacial score (nSPS) is 11.4. The molecule has 0 aliphatic heterocycles. The van der Waals surface area contributed by atoms with Gasteiger partial charge in [-0.05, 0) is 38.8 Å². The number of aromatic nitrogens is 2. The van der Waals surface area contributed by atoms with Gasteiger partial charge in [-0.2, -0.15) is 5.10 Å². The Hall–Kier alpha value is -2.30. The van der Waals surface area contributed by atoms with Crippen LogP contribution < -0.4 is 10.1 Å². The van der Waals surface area contributed by atoms with Gasteiger partial charge in [0.05, 0.1) is 12.8 Å². The molecule has 1 aromatic carbocycles. The molecule has 0 radical (unpaired) electrons. The van der Waals surface area contributed by atoms with Gasteiger partial charge in [0.1, 0.15) is 5.75 Å². The number of methoxy groups -OCH3 is 1. The summed E-state index contributed by atoms with van der Waals surface area (Å²) >= 11 is 0. The van der Waals surface area contributed by atoms with Crippen molar-refractivity contribution in [3.05, 3.63) is 46.8 Å². The number of ether oxygens (including phenoxy) is 1. The van der Waals surface area contributed by atoms with E-state index in [2.05, 4.69) is 17.3 Å². The van der Waals surface area contributed by atoms with Crippen molar-refractivity contribution >= 4 is 5.91 Å². The summed E-state index contributed by atoms with van der Waals surface area (Å²) in [4.78, 5) is 12.8. The van der Waals surface area contributed by atoms with E-state index in [1.54, 1.807) is 7.11 Å². The standard InChI is InChI=1S/C20H29N3O2/c1-7-23-15(3)17(14(2)22-23)13-21-19(24)20(4,5)12-16-10-8-9-11-18(16)25-6/h8-11H,7,12-13H2,1-6H3,(H,21,24). The monoisotopic (exact) mass is 343 g/mol. The van der Waals surface area contributed by atoms with Crippen LogP contribution >= 0.6 is 0 Å². The molecule has 0 atom stereocenters. The van der Waals surface area contributed by atoms with Crippen LogP contribution in [0.4, 0.5) is 0 Å². The molecule has 0 saturated heterocycles. The van der Waals surface area contributed by atoms with E-state index in [9.17, 15) is 4.79 Å². The summed E-state index contributed by atoms with van der Waals surface area (Å²) in [6, 6.07) is 7.84. The lowest BCUT2D eigenvalue weighted by atomic mass is 9.84. The number of amides is 1. The van der Waals surface area contributed by atoms with Gasteiger partial charge in [-0.15, -0.1) is 0 Å². The van der Waals surface area contributed by atoms with E-state index in [-0.39, 0.29) is 5.91 Å². The highest BCUT2D eigenvalue weighted by Gasteiger charge is 2.29. The van der Waals surface area contributed by atoms with Gasteiger partial charge in [0.15, 0.2) is 0 Å². The summed E-state index contributed by atoms with van der Waals surface area (Å²) in [7, 11) is 1.66. The average Bonchev–Trinajstić information content (AvgIpc) is 2.86. The fraction of sp³-hybridized carbons (Fsp3) is 0.500. The summed E-state index contributed by atoms with van der Waals surface area (Å²) < 4.78 is 7.37. The van der Waals surface area contributed by atoms with Gasteiger partial charge in [-0.1, -0.05) is 32.0 Å². The van der Waals surface area contributed by atoms with Gasteiger partial charge in [-0.25, -0.2) is 0 Å². The molecule has 0 fully saturated rings. The molecule has 136 valence electrons. The van der Waals surface area contributed by atoms with Crippen LogP contribution in [0.15, 0.2) is 24.3 Å². The Morgan fingerprint density at radius 3 is 2.56 bits per heavy atom. The summed E-state index contributed by atoms with van der Waals surface area (Å²) in [5, 5.41) is 7.59. The zero-order valence-electron chi connectivity index (χ0n) is 16.1. The first-order valence-corrected chi connectivity index (χ1v) is 8.73. The number of carbonyl (C=O) groups is 1. The first-order valence-electron chi connectivity index (χ1n) is 8.73. The number of hydrogen-bond acceptors (Lipinski definition) is 3. The highest BCUT2D eigenvalue weighted by atomic mass is 16.5. The minimum Gasteiger partial charge on any atom is -0.496 e. The molecule has 0 saturated carbocycles. The van der Waals surface area contributed by atoms with E-state index in [0.29, 0.717) is 13.0 Å². The Balaban J connectivity index is 2.08. The maximum Gasteiger partial charge on any atom is 0.226 e. The number of nitrogens with one attached hydrogen (secondary N) is 1. The van der Waals surface area contributed by atoms with Gasteiger partial charge >= 0.3 is 0 Å². The fourth-order valence-corrected chi connectivity index (χ4v) is 3.11. The van der Waals surface area contributed by atoms with Gasteiger partial charge in [0, 0.05) is 29.8 Å². The van der Waals surface area contributed by atoms with Crippen LogP contribution in [-0.2, 0) is 24.3 Å². The van der Waals surface area contributed by atoms with Crippen molar-refractivity contribution in [2.75, 3.05) is 7.11 Å². The van der Waals surface area contributed by atoms with Crippen LogP contribution in [-0.4, -0.2) is 22.8 Å². The maximum absolute atomic E-state index is 12.8. The molecule has 0 aliphatic carbocycles. The Kier molecular flexibility index (Phi) is 5.88. The van der Waals surface area contributed by atoms with Crippen molar-refractivity contribution in [2.45, 2.75) is 54.1 Å². The molecule has 25 heavy (non-hydrogen) atoms. The summed E-state index contributed by atoms with van der Waals surface area (Å²) in [6.45, 7) is 11.4. The van der Waals surface area contributed by atoms with Crippen LogP contribution in [0.1, 0.15) is 43.3 Å². The number of para-hydroxylation sites is 1. The highest BCUT2D eigenvalue weighted by molar-refractivity contribution is 5.82. The molecule has 0 spiro atoms. The quantitative estimate of drug-likeness (QED) is 0.838. The van der Waals surface area contributed by atoms with Crippen LogP contribution in [0.2, 0.25) is 0 Å². The zero-order valence-corrected chi connectivity index (χ0v) is 16.1. The number of hydrogen-bond donors (Lipinski definition) is 1. The fourth-order valence-electron chi connectivity index (χ4n) is 3.11. The summed E-state index contributed by atoms with van der Waals surface area (Å²) in [6.07, 6.45) is 0.620. The van der Waals surface area contributed by atoms with Crippen LogP contribution in [0.3, 0.4) is 0 Å². The predicted molar refractivity (Wildman–Crippen MR) is 99.7 cm³/mol. The lowest BCUT2D eigenvalue weighted by molar-refractivity contribution is -0.129. The maximum atomic E-state index is 12.8. The minimum atomic E-state index is -0.531. The number of benzene rings is 1. The second kappa shape index (κ2) is 7.72. The molecule has 2 aromatic rings. The van der Waals surface area contributed by atoms with Gasteiger partial charge in [0.25, 0.3) is 0 Å². The van der Waals surface area contributed by atoms with Crippen molar-refractivity contribution in [1.29, 1.82) is 0 Å². The largest absolute Gasteiger partial charge is 0.496 e. The van der Waals surface area contributed by atoms with E-state index in [1.807, 2.05) is 56.6 Å². The highest BCUT2D eigenvalue weighted by Crippen LogP contribution is 2.28. The first-order chi connectivity index (χ1) is 11.8. The van der Waals surface area contributed by atoms with Crippen molar-refractivity contribution in [2.24, 2.45) is 5.41 Å².